The molecule has 0 bridgehead atoms. The smallest absolute Gasteiger partial charge is 0.0406 e. The summed E-state index contributed by atoms with van der Waals surface area (Å²) in [6.45, 7) is 1.89. The standard InChI is InChI=1S/C13H11ClO2S/c1-9-8-12(17(15)16)6-7-13(9)10-2-4-11(14)5-3-10/h2-8H,1H3,(H,15,16)/p-1. The van der Waals surface area contributed by atoms with Crippen molar-refractivity contribution in [3.63, 3.8) is 0 Å². The van der Waals surface area contributed by atoms with Crippen LogP contribution in [0.3, 0.4) is 0 Å². The molecule has 4 heteroatoms. The van der Waals surface area contributed by atoms with Gasteiger partial charge < -0.3 is 4.55 Å². The van der Waals surface area contributed by atoms with Gasteiger partial charge in [0.25, 0.3) is 0 Å². The van der Waals surface area contributed by atoms with E-state index < -0.39 is 11.1 Å². The Balaban J connectivity index is 2.46. The molecule has 0 saturated heterocycles. The van der Waals surface area contributed by atoms with Gasteiger partial charge in [0.2, 0.25) is 0 Å². The molecule has 0 amide bonds. The second kappa shape index (κ2) is 5.00. The zero-order chi connectivity index (χ0) is 12.4. The summed E-state index contributed by atoms with van der Waals surface area (Å²) in [5, 5.41) is 0.684. The summed E-state index contributed by atoms with van der Waals surface area (Å²) in [7, 11) is 0. The Morgan fingerprint density at radius 1 is 1.12 bits per heavy atom. The highest BCUT2D eigenvalue weighted by molar-refractivity contribution is 7.79. The molecule has 1 unspecified atom stereocenters. The minimum absolute atomic E-state index is 0.306. The molecule has 0 aliphatic carbocycles. The van der Waals surface area contributed by atoms with Crippen LogP contribution in [0.5, 0.6) is 0 Å². The first-order chi connectivity index (χ1) is 8.08. The predicted octanol–water partition coefficient (Wildman–Crippen LogP) is 3.55. The lowest BCUT2D eigenvalue weighted by Crippen LogP contribution is -1.91. The summed E-state index contributed by atoms with van der Waals surface area (Å²) in [6.07, 6.45) is 0. The van der Waals surface area contributed by atoms with Crippen LogP contribution >= 0.6 is 11.6 Å². The fourth-order valence-electron chi connectivity index (χ4n) is 1.69. The van der Waals surface area contributed by atoms with Gasteiger partial charge in [0.15, 0.2) is 0 Å². The number of benzene rings is 2. The zero-order valence-electron chi connectivity index (χ0n) is 9.14. The molecule has 0 aromatic heterocycles. The largest absolute Gasteiger partial charge is 0.768 e. The van der Waals surface area contributed by atoms with Crippen molar-refractivity contribution < 1.29 is 8.76 Å². The lowest BCUT2D eigenvalue weighted by atomic mass is 10.0. The van der Waals surface area contributed by atoms with E-state index in [9.17, 15) is 8.76 Å². The van der Waals surface area contributed by atoms with Gasteiger partial charge in [-0.2, -0.15) is 0 Å². The molecule has 0 spiro atoms. The highest BCUT2D eigenvalue weighted by atomic mass is 35.5. The van der Waals surface area contributed by atoms with Crippen molar-refractivity contribution >= 4 is 22.7 Å². The fourth-order valence-corrected chi connectivity index (χ4v) is 2.27. The van der Waals surface area contributed by atoms with E-state index in [0.717, 1.165) is 16.7 Å². The summed E-state index contributed by atoms with van der Waals surface area (Å²) >= 11 is 3.65. The molecular formula is C13H10ClO2S-. The first-order valence-corrected chi connectivity index (χ1v) is 6.49. The summed E-state index contributed by atoms with van der Waals surface area (Å²) in [5.41, 5.74) is 2.96. The minimum atomic E-state index is -2.18. The van der Waals surface area contributed by atoms with Crippen molar-refractivity contribution in [2.24, 2.45) is 0 Å². The van der Waals surface area contributed by atoms with Gasteiger partial charge in [-0.05, 0) is 59.0 Å². The van der Waals surface area contributed by atoms with Gasteiger partial charge in [0.1, 0.15) is 0 Å². The molecule has 1 atom stereocenters. The Hall–Kier alpha value is -1.16. The molecule has 0 heterocycles. The molecule has 0 radical (unpaired) electrons. The van der Waals surface area contributed by atoms with E-state index in [-0.39, 0.29) is 0 Å². The van der Waals surface area contributed by atoms with Crippen molar-refractivity contribution in [3.8, 4) is 11.1 Å². The molecule has 0 fully saturated rings. The molecule has 2 nitrogen and oxygen atoms in total. The molecular weight excluding hydrogens is 256 g/mol. The second-order valence-electron chi connectivity index (χ2n) is 3.72. The summed E-state index contributed by atoms with van der Waals surface area (Å²) in [4.78, 5) is 0.306. The maximum atomic E-state index is 10.8. The van der Waals surface area contributed by atoms with Gasteiger partial charge in [0, 0.05) is 9.92 Å². The number of hydrogen-bond donors (Lipinski definition) is 0. The molecule has 2 aromatic rings. The first-order valence-electron chi connectivity index (χ1n) is 5.04. The lowest BCUT2D eigenvalue weighted by molar-refractivity contribution is 0.537. The van der Waals surface area contributed by atoms with E-state index in [0.29, 0.717) is 9.92 Å². The summed E-state index contributed by atoms with van der Waals surface area (Å²) in [6, 6.07) is 12.5. The van der Waals surface area contributed by atoms with Crippen LogP contribution in [-0.4, -0.2) is 8.76 Å². The van der Waals surface area contributed by atoms with Crippen LogP contribution in [0.25, 0.3) is 11.1 Å². The molecule has 88 valence electrons. The fraction of sp³-hybridized carbons (Fsp3) is 0.0769. The van der Waals surface area contributed by atoms with E-state index in [2.05, 4.69) is 0 Å². The van der Waals surface area contributed by atoms with Gasteiger partial charge >= 0.3 is 0 Å². The zero-order valence-corrected chi connectivity index (χ0v) is 10.7. The Bertz CT molecular complexity index is 564. The molecule has 2 rings (SSSR count). The number of halogens is 1. The molecule has 0 aliphatic rings. The van der Waals surface area contributed by atoms with Crippen LogP contribution in [0.2, 0.25) is 5.02 Å². The third-order valence-electron chi connectivity index (χ3n) is 2.55. The molecule has 17 heavy (non-hydrogen) atoms. The van der Waals surface area contributed by atoms with Crippen LogP contribution in [0.15, 0.2) is 47.4 Å². The quantitative estimate of drug-likeness (QED) is 0.779. The lowest BCUT2D eigenvalue weighted by Gasteiger charge is -2.10. The van der Waals surface area contributed by atoms with Crippen molar-refractivity contribution in [1.29, 1.82) is 0 Å². The van der Waals surface area contributed by atoms with Gasteiger partial charge in [-0.1, -0.05) is 29.8 Å². The number of aryl methyl sites for hydroxylation is 1. The van der Waals surface area contributed by atoms with E-state index in [1.54, 1.807) is 12.1 Å². The van der Waals surface area contributed by atoms with Crippen LogP contribution < -0.4 is 0 Å². The van der Waals surface area contributed by atoms with Crippen LogP contribution in [0.4, 0.5) is 0 Å². The van der Waals surface area contributed by atoms with Gasteiger partial charge in [-0.3, -0.25) is 4.21 Å². The summed E-state index contributed by atoms with van der Waals surface area (Å²) in [5.74, 6) is 0. The molecule has 0 N–H and O–H groups in total. The Morgan fingerprint density at radius 3 is 2.29 bits per heavy atom. The summed E-state index contributed by atoms with van der Waals surface area (Å²) < 4.78 is 21.7. The van der Waals surface area contributed by atoms with Crippen molar-refractivity contribution in [2.75, 3.05) is 0 Å². The number of rotatable bonds is 2. The topological polar surface area (TPSA) is 40.1 Å². The van der Waals surface area contributed by atoms with E-state index in [1.165, 1.54) is 0 Å². The van der Waals surface area contributed by atoms with E-state index >= 15 is 0 Å². The highest BCUT2D eigenvalue weighted by Crippen LogP contribution is 2.26. The maximum Gasteiger partial charge on any atom is 0.0406 e. The van der Waals surface area contributed by atoms with Crippen LogP contribution in [0, 0.1) is 6.92 Å². The third-order valence-corrected chi connectivity index (χ3v) is 3.44. The van der Waals surface area contributed by atoms with E-state index in [4.69, 9.17) is 11.6 Å². The van der Waals surface area contributed by atoms with Gasteiger partial charge in [0.05, 0.1) is 0 Å². The van der Waals surface area contributed by atoms with Crippen LogP contribution in [-0.2, 0) is 11.1 Å². The Kier molecular flexibility index (Phi) is 3.62. The van der Waals surface area contributed by atoms with Crippen LogP contribution in [0.1, 0.15) is 5.56 Å². The van der Waals surface area contributed by atoms with Gasteiger partial charge in [-0.15, -0.1) is 0 Å². The Labute approximate surface area is 108 Å². The SMILES string of the molecule is Cc1cc(S(=O)[O-])ccc1-c1ccc(Cl)cc1. The molecule has 2 aromatic carbocycles. The monoisotopic (exact) mass is 265 g/mol. The normalized spacial score (nSPS) is 12.4. The first kappa shape index (κ1) is 12.3. The molecule has 0 aliphatic heterocycles. The average Bonchev–Trinajstić information content (AvgIpc) is 2.30. The maximum absolute atomic E-state index is 10.8. The van der Waals surface area contributed by atoms with Crippen molar-refractivity contribution in [2.45, 2.75) is 11.8 Å². The highest BCUT2D eigenvalue weighted by Gasteiger charge is 2.03. The van der Waals surface area contributed by atoms with Gasteiger partial charge in [-0.25, -0.2) is 0 Å². The Morgan fingerprint density at radius 2 is 1.76 bits per heavy atom. The third kappa shape index (κ3) is 2.75. The van der Waals surface area contributed by atoms with E-state index in [1.807, 2.05) is 37.3 Å². The molecule has 0 saturated carbocycles. The van der Waals surface area contributed by atoms with Crippen molar-refractivity contribution in [3.05, 3.63) is 53.1 Å². The number of hydrogen-bond acceptors (Lipinski definition) is 2. The average molecular weight is 266 g/mol. The predicted molar refractivity (Wildman–Crippen MR) is 68.8 cm³/mol. The van der Waals surface area contributed by atoms with Crippen molar-refractivity contribution in [1.82, 2.24) is 0 Å². The minimum Gasteiger partial charge on any atom is -0.768 e. The second-order valence-corrected chi connectivity index (χ2v) is 5.10.